The molecule has 0 aromatic heterocycles. The summed E-state index contributed by atoms with van der Waals surface area (Å²) in [5.41, 5.74) is -0.0143. The van der Waals surface area contributed by atoms with Gasteiger partial charge in [0.15, 0.2) is 0 Å². The van der Waals surface area contributed by atoms with Gasteiger partial charge >= 0.3 is 0 Å². The van der Waals surface area contributed by atoms with E-state index in [0.717, 1.165) is 12.8 Å². The second kappa shape index (κ2) is 6.86. The first-order valence-corrected chi connectivity index (χ1v) is 5.88. The molecular formula is C11H11BrN2O3. The van der Waals surface area contributed by atoms with Crippen LogP contribution in [0.1, 0.15) is 19.3 Å². The summed E-state index contributed by atoms with van der Waals surface area (Å²) in [6.45, 7) is 0.446. The van der Waals surface area contributed by atoms with Crippen molar-refractivity contribution >= 4 is 21.6 Å². The summed E-state index contributed by atoms with van der Waals surface area (Å²) in [7, 11) is 0. The van der Waals surface area contributed by atoms with Gasteiger partial charge in [0.05, 0.1) is 17.6 Å². The van der Waals surface area contributed by atoms with E-state index >= 15 is 0 Å². The maximum absolute atomic E-state index is 10.7. The summed E-state index contributed by atoms with van der Waals surface area (Å²) in [5.74, 6) is 0.455. The number of nitro benzene ring substituents is 1. The van der Waals surface area contributed by atoms with E-state index in [9.17, 15) is 10.1 Å². The van der Waals surface area contributed by atoms with Crippen LogP contribution in [0.15, 0.2) is 22.7 Å². The molecule has 0 unspecified atom stereocenters. The highest BCUT2D eigenvalue weighted by atomic mass is 79.9. The summed E-state index contributed by atoms with van der Waals surface area (Å²) in [6.07, 6.45) is 2.02. The summed E-state index contributed by atoms with van der Waals surface area (Å²) in [4.78, 5) is 10.2. The monoisotopic (exact) mass is 298 g/mol. The highest BCUT2D eigenvalue weighted by Crippen LogP contribution is 2.33. The first kappa shape index (κ1) is 13.5. The van der Waals surface area contributed by atoms with Gasteiger partial charge in [-0.25, -0.2) is 0 Å². The third-order valence-electron chi connectivity index (χ3n) is 2.08. The molecule has 1 aromatic carbocycles. The molecule has 0 saturated carbocycles. The normalized spacial score (nSPS) is 9.65. The molecule has 1 aromatic rings. The van der Waals surface area contributed by atoms with Crippen molar-refractivity contribution in [3.63, 3.8) is 0 Å². The molecule has 0 amide bonds. The van der Waals surface area contributed by atoms with Gasteiger partial charge in [-0.05, 0) is 34.8 Å². The molecule has 0 radical (unpaired) electrons. The van der Waals surface area contributed by atoms with Crippen LogP contribution in [0.2, 0.25) is 0 Å². The van der Waals surface area contributed by atoms with Gasteiger partial charge in [-0.15, -0.1) is 0 Å². The van der Waals surface area contributed by atoms with Gasteiger partial charge in [-0.2, -0.15) is 5.26 Å². The second-order valence-corrected chi connectivity index (χ2v) is 4.10. The van der Waals surface area contributed by atoms with Gasteiger partial charge in [0.25, 0.3) is 5.69 Å². The number of rotatable bonds is 6. The number of nitrogens with zero attached hydrogens (tertiary/aromatic N) is 2. The van der Waals surface area contributed by atoms with E-state index in [1.807, 2.05) is 6.07 Å². The maximum atomic E-state index is 10.7. The van der Waals surface area contributed by atoms with Gasteiger partial charge in [-0.3, -0.25) is 10.1 Å². The lowest BCUT2D eigenvalue weighted by Crippen LogP contribution is -1.99. The van der Waals surface area contributed by atoms with Gasteiger partial charge in [0, 0.05) is 12.5 Å². The summed E-state index contributed by atoms with van der Waals surface area (Å²) in [6, 6.07) is 6.70. The minimum Gasteiger partial charge on any atom is -0.492 e. The van der Waals surface area contributed by atoms with E-state index in [4.69, 9.17) is 10.00 Å². The maximum Gasteiger partial charge on any atom is 0.287 e. The zero-order chi connectivity index (χ0) is 12.7. The average molecular weight is 299 g/mol. The summed E-state index contributed by atoms with van der Waals surface area (Å²) >= 11 is 3.15. The Morgan fingerprint density at radius 3 is 2.88 bits per heavy atom. The van der Waals surface area contributed by atoms with Crippen LogP contribution in [-0.4, -0.2) is 11.5 Å². The van der Waals surface area contributed by atoms with E-state index < -0.39 is 4.92 Å². The van der Waals surface area contributed by atoms with Gasteiger partial charge in [-0.1, -0.05) is 6.07 Å². The molecule has 0 bridgehead atoms. The summed E-state index contributed by atoms with van der Waals surface area (Å²) in [5, 5.41) is 19.0. The molecule has 0 heterocycles. The number of hydrogen-bond donors (Lipinski definition) is 0. The molecule has 0 spiro atoms. The van der Waals surface area contributed by atoms with Gasteiger partial charge in [0.1, 0.15) is 10.2 Å². The first-order valence-electron chi connectivity index (χ1n) is 5.09. The number of benzene rings is 1. The van der Waals surface area contributed by atoms with Crippen molar-refractivity contribution in [2.75, 3.05) is 6.61 Å². The number of hydrogen-bond acceptors (Lipinski definition) is 4. The Morgan fingerprint density at radius 1 is 1.47 bits per heavy atom. The quantitative estimate of drug-likeness (QED) is 0.458. The number of ether oxygens (including phenoxy) is 1. The van der Waals surface area contributed by atoms with E-state index in [0.29, 0.717) is 23.2 Å². The van der Waals surface area contributed by atoms with Gasteiger partial charge < -0.3 is 4.74 Å². The fourth-order valence-corrected chi connectivity index (χ4v) is 1.76. The van der Waals surface area contributed by atoms with Crippen molar-refractivity contribution < 1.29 is 9.66 Å². The number of nitriles is 1. The highest BCUT2D eigenvalue weighted by Gasteiger charge is 2.15. The van der Waals surface area contributed by atoms with Crippen LogP contribution in [-0.2, 0) is 0 Å². The minimum absolute atomic E-state index is 0.0143. The standard InChI is InChI=1S/C11H11BrN2O3/c12-11-9(14(15)16)5-4-6-10(11)17-8-3-1-2-7-13/h4-6H,1-3,8H2. The topological polar surface area (TPSA) is 76.2 Å². The van der Waals surface area contributed by atoms with Crippen molar-refractivity contribution in [2.45, 2.75) is 19.3 Å². The molecule has 6 heteroatoms. The van der Waals surface area contributed by atoms with Crippen LogP contribution >= 0.6 is 15.9 Å². The zero-order valence-corrected chi connectivity index (χ0v) is 10.6. The Morgan fingerprint density at radius 2 is 2.24 bits per heavy atom. The van der Waals surface area contributed by atoms with Crippen molar-refractivity contribution in [3.05, 3.63) is 32.8 Å². The predicted molar refractivity (Wildman–Crippen MR) is 65.8 cm³/mol. The Hall–Kier alpha value is -1.61. The van der Waals surface area contributed by atoms with Crippen molar-refractivity contribution in [2.24, 2.45) is 0 Å². The lowest BCUT2D eigenvalue weighted by atomic mass is 10.2. The van der Waals surface area contributed by atoms with Crippen molar-refractivity contribution in [1.82, 2.24) is 0 Å². The first-order chi connectivity index (χ1) is 8.16. The minimum atomic E-state index is -0.466. The third-order valence-corrected chi connectivity index (χ3v) is 2.88. The van der Waals surface area contributed by atoms with Crippen molar-refractivity contribution in [3.8, 4) is 11.8 Å². The lowest BCUT2D eigenvalue weighted by molar-refractivity contribution is -0.385. The fraction of sp³-hybridized carbons (Fsp3) is 0.364. The van der Waals surface area contributed by atoms with E-state index in [1.54, 1.807) is 12.1 Å². The van der Waals surface area contributed by atoms with Crippen LogP contribution in [0.25, 0.3) is 0 Å². The Balaban J connectivity index is 2.57. The molecular weight excluding hydrogens is 288 g/mol. The van der Waals surface area contributed by atoms with Crippen LogP contribution in [0.3, 0.4) is 0 Å². The second-order valence-electron chi connectivity index (χ2n) is 3.31. The zero-order valence-electron chi connectivity index (χ0n) is 9.06. The predicted octanol–water partition coefficient (Wildman–Crippen LogP) is 3.43. The smallest absolute Gasteiger partial charge is 0.287 e. The Kier molecular flexibility index (Phi) is 5.43. The molecule has 0 aliphatic carbocycles. The lowest BCUT2D eigenvalue weighted by Gasteiger charge is -2.07. The van der Waals surface area contributed by atoms with Gasteiger partial charge in [0.2, 0.25) is 0 Å². The molecule has 0 fully saturated rings. The molecule has 0 aliphatic heterocycles. The molecule has 1 rings (SSSR count). The van der Waals surface area contributed by atoms with E-state index in [-0.39, 0.29) is 5.69 Å². The highest BCUT2D eigenvalue weighted by molar-refractivity contribution is 9.10. The van der Waals surface area contributed by atoms with E-state index in [2.05, 4.69) is 15.9 Å². The number of halogens is 1. The third kappa shape index (κ3) is 4.04. The molecule has 5 nitrogen and oxygen atoms in total. The van der Waals surface area contributed by atoms with Crippen LogP contribution < -0.4 is 4.74 Å². The molecule has 0 atom stereocenters. The Bertz CT molecular complexity index is 443. The number of nitro groups is 1. The fourth-order valence-electron chi connectivity index (χ4n) is 1.24. The molecule has 0 N–H and O–H groups in total. The van der Waals surface area contributed by atoms with E-state index in [1.165, 1.54) is 6.07 Å². The Labute approximate surface area is 107 Å². The number of unbranched alkanes of at least 4 members (excludes halogenated alkanes) is 2. The van der Waals surface area contributed by atoms with Crippen molar-refractivity contribution in [1.29, 1.82) is 5.26 Å². The van der Waals surface area contributed by atoms with Crippen LogP contribution in [0, 0.1) is 21.4 Å². The largest absolute Gasteiger partial charge is 0.492 e. The molecule has 90 valence electrons. The molecule has 17 heavy (non-hydrogen) atoms. The summed E-state index contributed by atoms with van der Waals surface area (Å²) < 4.78 is 5.77. The molecule has 0 aliphatic rings. The average Bonchev–Trinajstić information content (AvgIpc) is 2.30. The van der Waals surface area contributed by atoms with Crippen LogP contribution in [0.4, 0.5) is 5.69 Å². The SMILES string of the molecule is N#CCCCCOc1cccc([N+](=O)[O-])c1Br. The molecule has 0 saturated heterocycles. The van der Waals surface area contributed by atoms with Crippen LogP contribution in [0.5, 0.6) is 5.75 Å².